The SMILES string of the molecule is CCC(C)(C)SSCOCCCCOC(=O)CCC#Cc1cn([C@H]2C[C@H](OCS(C)=S)[C@@H](COP(=O)(O)OP(=O)(O)OP(=O)(O)O)O2)c(=O)[nH]c1=O. The van der Waals surface area contributed by atoms with Crippen LogP contribution in [0.25, 0.3) is 0 Å². The van der Waals surface area contributed by atoms with E-state index >= 15 is 0 Å². The fourth-order valence-corrected chi connectivity index (χ4v) is 9.75. The number of phosphoric ester groups is 1. The Kier molecular flexibility index (Phi) is 20.2. The van der Waals surface area contributed by atoms with Crippen LogP contribution in [0.5, 0.6) is 0 Å². The third kappa shape index (κ3) is 19.2. The van der Waals surface area contributed by atoms with Crippen LogP contribution in [0.15, 0.2) is 15.8 Å². The molecule has 298 valence electrons. The van der Waals surface area contributed by atoms with Crippen molar-refractivity contribution in [3.8, 4) is 11.8 Å². The first-order chi connectivity index (χ1) is 24.1. The van der Waals surface area contributed by atoms with Crippen molar-refractivity contribution in [1.29, 1.82) is 0 Å². The van der Waals surface area contributed by atoms with Crippen molar-refractivity contribution < 1.29 is 70.2 Å². The molecule has 0 aliphatic carbocycles. The molecular formula is C26H43N2O17P3S4. The molecule has 2 rings (SSSR count). The number of nitrogens with zero attached hydrogens (tertiary/aromatic N) is 1. The van der Waals surface area contributed by atoms with Crippen molar-refractivity contribution in [3.05, 3.63) is 32.6 Å². The van der Waals surface area contributed by atoms with Crippen LogP contribution in [0.3, 0.4) is 0 Å². The van der Waals surface area contributed by atoms with Gasteiger partial charge in [-0.1, -0.05) is 49.8 Å². The average Bonchev–Trinajstić information content (AvgIpc) is 3.42. The lowest BCUT2D eigenvalue weighted by molar-refractivity contribution is -0.143. The van der Waals surface area contributed by atoms with E-state index in [1.165, 1.54) is 0 Å². The lowest BCUT2D eigenvalue weighted by atomic mass is 10.1. The monoisotopic (exact) mass is 876 g/mol. The normalized spacial score (nSPS) is 20.7. The predicted molar refractivity (Wildman–Crippen MR) is 197 cm³/mol. The van der Waals surface area contributed by atoms with E-state index < -0.39 is 75.2 Å². The summed E-state index contributed by atoms with van der Waals surface area (Å²) in [6, 6.07) is 0. The standard InChI is InChI=1S/C26H43N2O17P3S4/c1-5-26(2,3)51-50-17-39-12-8-9-13-40-23(29)11-7-6-10-19-15-28(25(31)27-24(19)30)22-14-20(41-18-52(4)49)21(43-22)16-42-47(35,36)45-48(37,38)44-46(32,33)34/h15,20-22H,5,7-9,11-14,16-18H2,1-4H3,(H,35,36)(H,37,38)(H,27,30,31)(H2,32,33,34)/t20-,21+,22+,52?/m0/s1. The van der Waals surface area contributed by atoms with Crippen molar-refractivity contribution in [2.24, 2.45) is 0 Å². The van der Waals surface area contributed by atoms with Crippen LogP contribution in [-0.2, 0) is 71.2 Å². The topological polar surface area (TPSA) is 269 Å². The van der Waals surface area contributed by atoms with E-state index in [1.807, 2.05) is 0 Å². The van der Waals surface area contributed by atoms with Gasteiger partial charge in [-0.25, -0.2) is 18.5 Å². The number of carbonyl (C=O) groups is 1. The highest BCUT2D eigenvalue weighted by molar-refractivity contribution is 8.77. The van der Waals surface area contributed by atoms with Crippen molar-refractivity contribution in [1.82, 2.24) is 9.55 Å². The summed E-state index contributed by atoms with van der Waals surface area (Å²) in [5.74, 6) is 5.44. The molecule has 0 aromatic carbocycles. The zero-order valence-electron chi connectivity index (χ0n) is 28.6. The van der Waals surface area contributed by atoms with Gasteiger partial charge in [-0.3, -0.25) is 23.7 Å². The maximum Gasteiger partial charge on any atom is 0.490 e. The van der Waals surface area contributed by atoms with Crippen molar-refractivity contribution in [3.63, 3.8) is 0 Å². The number of hydrogen-bond donors (Lipinski definition) is 5. The number of hydrogen-bond acceptors (Lipinski definition) is 16. The minimum atomic E-state index is -5.76. The third-order valence-corrected chi connectivity index (χ3v) is 14.3. The van der Waals surface area contributed by atoms with E-state index in [0.29, 0.717) is 19.0 Å². The summed E-state index contributed by atoms with van der Waals surface area (Å²) in [6.07, 6.45) is 1.90. The Morgan fingerprint density at radius 3 is 2.50 bits per heavy atom. The molecule has 26 heteroatoms. The molecule has 1 aromatic rings. The summed E-state index contributed by atoms with van der Waals surface area (Å²) in [7, 11) is -14.0. The van der Waals surface area contributed by atoms with E-state index in [2.05, 4.69) is 46.2 Å². The lowest BCUT2D eigenvalue weighted by Crippen LogP contribution is -2.33. The van der Waals surface area contributed by atoms with E-state index in [0.717, 1.165) is 23.6 Å². The highest BCUT2D eigenvalue weighted by Crippen LogP contribution is 2.66. The van der Waals surface area contributed by atoms with Gasteiger partial charge in [0.15, 0.2) is 0 Å². The molecule has 2 heterocycles. The molecule has 5 N–H and O–H groups in total. The molecule has 1 aliphatic heterocycles. The molecule has 19 nitrogen and oxygen atoms in total. The molecule has 0 radical (unpaired) electrons. The number of carbonyl (C=O) groups excluding carboxylic acids is 1. The first-order valence-electron chi connectivity index (χ1n) is 15.4. The second-order valence-corrected chi connectivity index (χ2v) is 21.9. The maximum atomic E-state index is 12.7. The van der Waals surface area contributed by atoms with Crippen LogP contribution < -0.4 is 11.2 Å². The Hall–Kier alpha value is -0.730. The van der Waals surface area contributed by atoms with Gasteiger partial charge in [0, 0.05) is 30.4 Å². The van der Waals surface area contributed by atoms with Gasteiger partial charge < -0.3 is 38.5 Å². The van der Waals surface area contributed by atoms with Gasteiger partial charge in [-0.15, -0.1) is 0 Å². The third-order valence-electron chi connectivity index (χ3n) is 6.62. The summed E-state index contributed by atoms with van der Waals surface area (Å²) >= 11 is 5.12. The Balaban J connectivity index is 1.94. The summed E-state index contributed by atoms with van der Waals surface area (Å²) in [5.41, 5.74) is -1.83. The van der Waals surface area contributed by atoms with Gasteiger partial charge in [0.2, 0.25) is 0 Å². The number of aromatic amines is 1. The van der Waals surface area contributed by atoms with Crippen LogP contribution in [0.2, 0.25) is 0 Å². The number of aromatic nitrogens is 2. The molecule has 1 aromatic heterocycles. The quantitative estimate of drug-likeness (QED) is 0.0264. The lowest BCUT2D eigenvalue weighted by Gasteiger charge is -2.21. The number of rotatable bonds is 23. The van der Waals surface area contributed by atoms with Crippen LogP contribution in [0, 0.1) is 11.8 Å². The van der Waals surface area contributed by atoms with Crippen LogP contribution in [-0.4, -0.2) is 90.0 Å². The number of esters is 1. The van der Waals surface area contributed by atoms with E-state index in [9.17, 15) is 37.9 Å². The van der Waals surface area contributed by atoms with E-state index in [1.54, 1.807) is 27.8 Å². The number of unbranched alkanes of at least 4 members (excludes halogenated alkanes) is 1. The summed E-state index contributed by atoms with van der Waals surface area (Å²) in [5, 5.41) is 0. The Morgan fingerprint density at radius 2 is 1.85 bits per heavy atom. The number of nitrogens with one attached hydrogen (secondary N) is 1. The predicted octanol–water partition coefficient (Wildman–Crippen LogP) is 3.22. The zero-order valence-corrected chi connectivity index (χ0v) is 34.6. The smallest absolute Gasteiger partial charge is 0.466 e. The van der Waals surface area contributed by atoms with Crippen molar-refractivity contribution in [2.75, 3.05) is 38.0 Å². The van der Waals surface area contributed by atoms with Gasteiger partial charge >= 0.3 is 35.1 Å². The first-order valence-corrected chi connectivity index (χ1v) is 24.9. The van der Waals surface area contributed by atoms with Crippen molar-refractivity contribution >= 4 is 71.7 Å². The molecule has 0 saturated carbocycles. The largest absolute Gasteiger partial charge is 0.490 e. The average molecular weight is 877 g/mol. The van der Waals surface area contributed by atoms with Gasteiger partial charge in [0.05, 0.1) is 31.7 Å². The maximum absolute atomic E-state index is 12.7. The number of phosphoric acid groups is 3. The molecule has 52 heavy (non-hydrogen) atoms. The minimum absolute atomic E-state index is 0.0341. The Bertz CT molecular complexity index is 1690. The second kappa shape index (κ2) is 22.1. The van der Waals surface area contributed by atoms with Gasteiger partial charge in [-0.05, 0) is 50.6 Å². The molecule has 6 atom stereocenters. The molecule has 1 aliphatic rings. The minimum Gasteiger partial charge on any atom is -0.466 e. The van der Waals surface area contributed by atoms with Crippen LogP contribution in [0.4, 0.5) is 0 Å². The fraction of sp³-hybridized carbons (Fsp3) is 0.731. The molecule has 0 bridgehead atoms. The first kappa shape index (κ1) is 47.4. The van der Waals surface area contributed by atoms with E-state index in [4.69, 9.17) is 44.4 Å². The zero-order chi connectivity index (χ0) is 39.2. The van der Waals surface area contributed by atoms with E-state index in [-0.39, 0.29) is 42.1 Å². The fourth-order valence-electron chi connectivity index (χ4n) is 3.86. The Labute approximate surface area is 315 Å². The van der Waals surface area contributed by atoms with Crippen LogP contribution in [0.1, 0.15) is 71.1 Å². The molecule has 3 unspecified atom stereocenters. The van der Waals surface area contributed by atoms with Gasteiger partial charge in [0.1, 0.15) is 23.8 Å². The molecular weight excluding hydrogens is 833 g/mol. The molecule has 1 fully saturated rings. The Morgan fingerprint density at radius 1 is 1.15 bits per heavy atom. The van der Waals surface area contributed by atoms with Crippen LogP contribution >= 0.6 is 45.1 Å². The summed E-state index contributed by atoms with van der Waals surface area (Å²) in [4.78, 5) is 76.0. The number of ether oxygens (including phenoxy) is 4. The molecule has 1 saturated heterocycles. The van der Waals surface area contributed by atoms with Gasteiger partial charge in [-0.2, -0.15) is 8.62 Å². The van der Waals surface area contributed by atoms with Crippen molar-refractivity contribution in [2.45, 2.75) is 82.5 Å². The number of H-pyrrole nitrogens is 1. The highest BCUT2D eigenvalue weighted by atomic mass is 33.1. The summed E-state index contributed by atoms with van der Waals surface area (Å²) in [6.45, 7) is 6.43. The molecule has 0 spiro atoms. The molecule has 0 amide bonds. The van der Waals surface area contributed by atoms with Gasteiger partial charge in [0.25, 0.3) is 5.56 Å². The summed E-state index contributed by atoms with van der Waals surface area (Å²) < 4.78 is 70.4. The second-order valence-electron chi connectivity index (χ2n) is 11.4. The highest BCUT2D eigenvalue weighted by Gasteiger charge is 2.43.